The van der Waals surface area contributed by atoms with Gasteiger partial charge in [0.05, 0.1) is 5.56 Å². The lowest BCUT2D eigenvalue weighted by Crippen LogP contribution is -2.11. The second-order valence-electron chi connectivity index (χ2n) is 4.00. The maximum absolute atomic E-state index is 10.8. The second-order valence-corrected chi connectivity index (χ2v) is 4.00. The fourth-order valence-corrected chi connectivity index (χ4v) is 1.93. The van der Waals surface area contributed by atoms with Gasteiger partial charge in [0.15, 0.2) is 0 Å². The Morgan fingerprint density at radius 1 is 1.43 bits per heavy atom. The Kier molecular flexibility index (Phi) is 2.28. The summed E-state index contributed by atoms with van der Waals surface area (Å²) in [5.41, 5.74) is 2.87. The van der Waals surface area contributed by atoms with Crippen molar-refractivity contribution in [3.8, 4) is 0 Å². The quantitative estimate of drug-likeness (QED) is 0.778. The van der Waals surface area contributed by atoms with Crippen LogP contribution in [0.1, 0.15) is 46.7 Å². The molecule has 0 aliphatic heterocycles. The summed E-state index contributed by atoms with van der Waals surface area (Å²) in [6.07, 6.45) is 3.70. The molecule has 0 heterocycles. The molecule has 14 heavy (non-hydrogen) atoms. The molecule has 1 aliphatic rings. The van der Waals surface area contributed by atoms with E-state index in [-0.39, 0.29) is 0 Å². The molecular weight excluding hydrogens is 176 g/mol. The van der Waals surface area contributed by atoms with Crippen molar-refractivity contribution in [3.63, 3.8) is 0 Å². The van der Waals surface area contributed by atoms with Gasteiger partial charge in [-0.3, -0.25) is 0 Å². The number of rotatable bonds is 2. The van der Waals surface area contributed by atoms with Crippen LogP contribution >= 0.6 is 0 Å². The average Bonchev–Trinajstić information content (AvgIpc) is 2.05. The van der Waals surface area contributed by atoms with Crippen LogP contribution in [0.5, 0.6) is 0 Å². The van der Waals surface area contributed by atoms with Gasteiger partial charge in [-0.15, -0.1) is 0 Å². The summed E-state index contributed by atoms with van der Waals surface area (Å²) in [5, 5.41) is 8.87. The lowest BCUT2D eigenvalue weighted by Gasteiger charge is -2.27. The first-order valence-corrected chi connectivity index (χ1v) is 5.02. The summed E-state index contributed by atoms with van der Waals surface area (Å²) in [6, 6.07) is 5.43. The van der Waals surface area contributed by atoms with E-state index in [0.717, 1.165) is 0 Å². The van der Waals surface area contributed by atoms with Crippen molar-refractivity contribution in [2.75, 3.05) is 0 Å². The third-order valence-corrected chi connectivity index (χ3v) is 3.07. The van der Waals surface area contributed by atoms with Crippen LogP contribution in [0.2, 0.25) is 0 Å². The van der Waals surface area contributed by atoms with Crippen molar-refractivity contribution in [2.24, 2.45) is 0 Å². The van der Waals surface area contributed by atoms with Gasteiger partial charge in [-0.1, -0.05) is 12.5 Å². The Morgan fingerprint density at radius 2 is 2.14 bits per heavy atom. The monoisotopic (exact) mass is 190 g/mol. The zero-order valence-corrected chi connectivity index (χ0v) is 8.29. The van der Waals surface area contributed by atoms with Crippen molar-refractivity contribution in [1.29, 1.82) is 0 Å². The van der Waals surface area contributed by atoms with Crippen LogP contribution in [0.25, 0.3) is 0 Å². The number of aryl methyl sites for hydroxylation is 1. The number of benzene rings is 1. The highest BCUT2D eigenvalue weighted by Crippen LogP contribution is 2.38. The SMILES string of the molecule is Cc1ccc(C(=O)O)cc1C1CCC1. The van der Waals surface area contributed by atoms with E-state index in [1.165, 1.54) is 30.4 Å². The highest BCUT2D eigenvalue weighted by Gasteiger charge is 2.21. The van der Waals surface area contributed by atoms with Crippen LogP contribution in [0.4, 0.5) is 0 Å². The van der Waals surface area contributed by atoms with Crippen molar-refractivity contribution in [2.45, 2.75) is 32.1 Å². The summed E-state index contributed by atoms with van der Waals surface area (Å²) in [6.45, 7) is 2.05. The molecule has 1 saturated carbocycles. The van der Waals surface area contributed by atoms with E-state index in [9.17, 15) is 4.79 Å². The van der Waals surface area contributed by atoms with Gasteiger partial charge < -0.3 is 5.11 Å². The molecule has 2 heteroatoms. The van der Waals surface area contributed by atoms with Crippen LogP contribution in [-0.4, -0.2) is 11.1 Å². The number of hydrogen-bond acceptors (Lipinski definition) is 1. The first-order valence-electron chi connectivity index (χ1n) is 5.02. The highest BCUT2D eigenvalue weighted by atomic mass is 16.4. The van der Waals surface area contributed by atoms with Crippen molar-refractivity contribution in [1.82, 2.24) is 0 Å². The molecule has 1 aromatic carbocycles. The van der Waals surface area contributed by atoms with Crippen LogP contribution in [-0.2, 0) is 0 Å². The van der Waals surface area contributed by atoms with Gasteiger partial charge in [-0.25, -0.2) is 4.79 Å². The molecule has 1 aromatic rings. The van der Waals surface area contributed by atoms with Crippen LogP contribution in [0.15, 0.2) is 18.2 Å². The zero-order valence-electron chi connectivity index (χ0n) is 8.29. The molecule has 1 aliphatic carbocycles. The molecule has 0 amide bonds. The zero-order chi connectivity index (χ0) is 10.1. The van der Waals surface area contributed by atoms with E-state index in [1.54, 1.807) is 6.07 Å². The van der Waals surface area contributed by atoms with E-state index in [4.69, 9.17) is 5.11 Å². The molecule has 0 saturated heterocycles. The molecular formula is C12H14O2. The van der Waals surface area contributed by atoms with E-state index in [1.807, 2.05) is 12.1 Å². The topological polar surface area (TPSA) is 37.3 Å². The standard InChI is InChI=1S/C12H14O2/c1-8-5-6-10(12(13)14)7-11(8)9-3-2-4-9/h5-7,9H,2-4H2,1H3,(H,13,14). The maximum atomic E-state index is 10.8. The Bertz CT molecular complexity index is 365. The smallest absolute Gasteiger partial charge is 0.335 e. The maximum Gasteiger partial charge on any atom is 0.335 e. The molecule has 0 aromatic heterocycles. The molecule has 2 nitrogen and oxygen atoms in total. The summed E-state index contributed by atoms with van der Waals surface area (Å²) < 4.78 is 0. The third-order valence-electron chi connectivity index (χ3n) is 3.07. The summed E-state index contributed by atoms with van der Waals surface area (Å²) in [4.78, 5) is 10.8. The lowest BCUT2D eigenvalue weighted by atomic mass is 9.78. The Hall–Kier alpha value is -1.31. The molecule has 1 N–H and O–H groups in total. The van der Waals surface area contributed by atoms with Gasteiger partial charge >= 0.3 is 5.97 Å². The molecule has 2 rings (SSSR count). The predicted molar refractivity (Wildman–Crippen MR) is 54.7 cm³/mol. The van der Waals surface area contributed by atoms with Gasteiger partial charge in [-0.2, -0.15) is 0 Å². The van der Waals surface area contributed by atoms with E-state index in [2.05, 4.69) is 6.92 Å². The van der Waals surface area contributed by atoms with E-state index < -0.39 is 5.97 Å². The fraction of sp³-hybridized carbons (Fsp3) is 0.417. The molecule has 0 spiro atoms. The Labute approximate surface area is 83.6 Å². The number of aromatic carboxylic acids is 1. The first-order chi connectivity index (χ1) is 6.68. The van der Waals surface area contributed by atoms with E-state index in [0.29, 0.717) is 11.5 Å². The molecule has 0 bridgehead atoms. The Balaban J connectivity index is 2.36. The second kappa shape index (κ2) is 3.45. The third kappa shape index (κ3) is 1.52. The van der Waals surface area contributed by atoms with Gasteiger partial charge in [-0.05, 0) is 48.9 Å². The molecule has 0 atom stereocenters. The van der Waals surface area contributed by atoms with E-state index >= 15 is 0 Å². The van der Waals surface area contributed by atoms with Gasteiger partial charge in [0.2, 0.25) is 0 Å². The molecule has 0 unspecified atom stereocenters. The Morgan fingerprint density at radius 3 is 2.64 bits per heavy atom. The number of carbonyl (C=O) groups is 1. The summed E-state index contributed by atoms with van der Waals surface area (Å²) in [7, 11) is 0. The minimum atomic E-state index is -0.828. The number of carboxylic acid groups (broad SMARTS) is 1. The lowest BCUT2D eigenvalue weighted by molar-refractivity contribution is 0.0696. The molecule has 1 fully saturated rings. The minimum Gasteiger partial charge on any atom is -0.478 e. The predicted octanol–water partition coefficient (Wildman–Crippen LogP) is 2.96. The summed E-state index contributed by atoms with van der Waals surface area (Å²) in [5.74, 6) is -0.222. The average molecular weight is 190 g/mol. The summed E-state index contributed by atoms with van der Waals surface area (Å²) >= 11 is 0. The number of hydrogen-bond donors (Lipinski definition) is 1. The molecule has 74 valence electrons. The van der Waals surface area contributed by atoms with Crippen LogP contribution < -0.4 is 0 Å². The van der Waals surface area contributed by atoms with Gasteiger partial charge in [0.25, 0.3) is 0 Å². The number of carboxylic acids is 1. The van der Waals surface area contributed by atoms with Crippen molar-refractivity contribution in [3.05, 3.63) is 34.9 Å². The largest absolute Gasteiger partial charge is 0.478 e. The normalized spacial score (nSPS) is 16.4. The fourth-order valence-electron chi connectivity index (χ4n) is 1.93. The van der Waals surface area contributed by atoms with Crippen LogP contribution in [0.3, 0.4) is 0 Å². The molecule has 0 radical (unpaired) electrons. The van der Waals surface area contributed by atoms with Crippen LogP contribution in [0, 0.1) is 6.92 Å². The van der Waals surface area contributed by atoms with Crippen molar-refractivity contribution >= 4 is 5.97 Å². The van der Waals surface area contributed by atoms with Gasteiger partial charge in [0.1, 0.15) is 0 Å². The van der Waals surface area contributed by atoms with Gasteiger partial charge in [0, 0.05) is 0 Å². The first kappa shape index (κ1) is 9.25. The van der Waals surface area contributed by atoms with Crippen molar-refractivity contribution < 1.29 is 9.90 Å². The minimum absolute atomic E-state index is 0.414. The highest BCUT2D eigenvalue weighted by molar-refractivity contribution is 5.87.